The van der Waals surface area contributed by atoms with E-state index in [0.717, 1.165) is 25.9 Å². The highest BCUT2D eigenvalue weighted by Crippen LogP contribution is 2.22. The van der Waals surface area contributed by atoms with E-state index in [1.165, 1.54) is 14.0 Å². The predicted octanol–water partition coefficient (Wildman–Crippen LogP) is 0.664. The summed E-state index contributed by atoms with van der Waals surface area (Å²) in [4.78, 5) is 25.6. The van der Waals surface area contributed by atoms with Gasteiger partial charge in [-0.05, 0) is 44.4 Å². The van der Waals surface area contributed by atoms with E-state index in [2.05, 4.69) is 10.2 Å². The number of anilines is 1. The van der Waals surface area contributed by atoms with Crippen LogP contribution in [0, 0.1) is 0 Å². The van der Waals surface area contributed by atoms with Crippen molar-refractivity contribution < 1.29 is 19.4 Å². The van der Waals surface area contributed by atoms with Gasteiger partial charge in [-0.1, -0.05) is 0 Å². The molecule has 26 heavy (non-hydrogen) atoms. The van der Waals surface area contributed by atoms with Crippen LogP contribution in [0.25, 0.3) is 0 Å². The lowest BCUT2D eigenvalue weighted by molar-refractivity contribution is -0.143. The predicted molar refractivity (Wildman–Crippen MR) is 99.2 cm³/mol. The van der Waals surface area contributed by atoms with Crippen molar-refractivity contribution in [2.45, 2.75) is 37.8 Å². The molecule has 1 aliphatic rings. The van der Waals surface area contributed by atoms with Crippen LogP contribution in [0.4, 0.5) is 5.69 Å². The number of carbonyl (C=O) groups is 2. The topological polar surface area (TPSA) is 131 Å². The maximum absolute atomic E-state index is 12.4. The summed E-state index contributed by atoms with van der Waals surface area (Å²) in [7, 11) is 1.51. The van der Waals surface area contributed by atoms with Gasteiger partial charge in [-0.3, -0.25) is 9.59 Å². The SMILES string of the molecule is COc1cc(C(=O)NC2CCN(CCC(C)(N)C(=O)O)CC2)ccc1N. The molecular weight excluding hydrogens is 336 g/mol. The molecule has 6 N–H and O–H groups in total. The molecule has 1 aromatic rings. The Labute approximate surface area is 153 Å². The second-order valence-corrected chi connectivity index (χ2v) is 7.02. The van der Waals surface area contributed by atoms with Crippen molar-refractivity contribution in [2.75, 3.05) is 32.5 Å². The molecule has 1 saturated heterocycles. The zero-order valence-electron chi connectivity index (χ0n) is 15.3. The summed E-state index contributed by atoms with van der Waals surface area (Å²) in [5.41, 5.74) is 11.3. The number of piperidine rings is 1. The second kappa shape index (κ2) is 8.37. The Morgan fingerprint density at radius 1 is 1.38 bits per heavy atom. The van der Waals surface area contributed by atoms with Gasteiger partial charge in [-0.15, -0.1) is 0 Å². The van der Waals surface area contributed by atoms with Crippen molar-refractivity contribution in [3.8, 4) is 5.75 Å². The van der Waals surface area contributed by atoms with Crippen LogP contribution in [0.2, 0.25) is 0 Å². The maximum atomic E-state index is 12.4. The molecule has 1 aromatic carbocycles. The van der Waals surface area contributed by atoms with E-state index in [4.69, 9.17) is 21.3 Å². The fourth-order valence-electron chi connectivity index (χ4n) is 2.92. The third-order valence-corrected chi connectivity index (χ3v) is 4.85. The summed E-state index contributed by atoms with van der Waals surface area (Å²) in [5.74, 6) is -0.656. The molecule has 1 aliphatic heterocycles. The summed E-state index contributed by atoms with van der Waals surface area (Å²) >= 11 is 0. The maximum Gasteiger partial charge on any atom is 0.323 e. The number of hydrogen-bond acceptors (Lipinski definition) is 6. The quantitative estimate of drug-likeness (QED) is 0.523. The first-order valence-corrected chi connectivity index (χ1v) is 8.72. The van der Waals surface area contributed by atoms with Gasteiger partial charge in [0.05, 0.1) is 12.8 Å². The van der Waals surface area contributed by atoms with Crippen LogP contribution in [-0.2, 0) is 4.79 Å². The number of likely N-dealkylation sites (tertiary alicyclic amines) is 1. The first-order chi connectivity index (χ1) is 12.2. The number of carboxylic acid groups (broad SMARTS) is 1. The Morgan fingerprint density at radius 2 is 2.04 bits per heavy atom. The van der Waals surface area contributed by atoms with Gasteiger partial charge in [0.2, 0.25) is 0 Å². The van der Waals surface area contributed by atoms with E-state index in [1.54, 1.807) is 18.2 Å². The number of benzene rings is 1. The lowest BCUT2D eigenvalue weighted by Crippen LogP contribution is -2.49. The third-order valence-electron chi connectivity index (χ3n) is 4.85. The molecule has 1 amide bonds. The van der Waals surface area contributed by atoms with Crippen molar-refractivity contribution in [1.29, 1.82) is 0 Å². The van der Waals surface area contributed by atoms with Crippen LogP contribution in [0.1, 0.15) is 36.5 Å². The Balaban J connectivity index is 1.81. The zero-order valence-corrected chi connectivity index (χ0v) is 15.3. The average molecular weight is 364 g/mol. The highest BCUT2D eigenvalue weighted by atomic mass is 16.5. The van der Waals surface area contributed by atoms with Crippen molar-refractivity contribution >= 4 is 17.6 Å². The summed E-state index contributed by atoms with van der Waals surface area (Å²) in [5, 5.41) is 12.1. The first-order valence-electron chi connectivity index (χ1n) is 8.72. The minimum atomic E-state index is -1.21. The highest BCUT2D eigenvalue weighted by molar-refractivity contribution is 5.95. The molecule has 0 radical (unpaired) electrons. The number of carbonyl (C=O) groups excluding carboxylic acids is 1. The molecule has 144 valence electrons. The molecule has 0 bridgehead atoms. The van der Waals surface area contributed by atoms with Gasteiger partial charge < -0.3 is 31.5 Å². The van der Waals surface area contributed by atoms with E-state index < -0.39 is 11.5 Å². The van der Waals surface area contributed by atoms with Crippen LogP contribution in [0.5, 0.6) is 5.75 Å². The van der Waals surface area contributed by atoms with Crippen LogP contribution in [-0.4, -0.2) is 60.2 Å². The Morgan fingerprint density at radius 3 is 2.62 bits per heavy atom. The number of amides is 1. The summed E-state index contributed by atoms with van der Waals surface area (Å²) in [6.07, 6.45) is 2.02. The molecule has 0 spiro atoms. The van der Waals surface area contributed by atoms with Gasteiger partial charge in [-0.2, -0.15) is 0 Å². The van der Waals surface area contributed by atoms with Crippen LogP contribution < -0.4 is 21.5 Å². The van der Waals surface area contributed by atoms with Gasteiger partial charge in [-0.25, -0.2) is 0 Å². The van der Waals surface area contributed by atoms with Crippen molar-refractivity contribution in [3.05, 3.63) is 23.8 Å². The molecule has 2 rings (SSSR count). The number of methoxy groups -OCH3 is 1. The van der Waals surface area contributed by atoms with Crippen LogP contribution >= 0.6 is 0 Å². The van der Waals surface area contributed by atoms with E-state index in [1.807, 2.05) is 0 Å². The molecule has 8 nitrogen and oxygen atoms in total. The third kappa shape index (κ3) is 5.09. The molecule has 1 heterocycles. The molecule has 0 aromatic heterocycles. The molecule has 8 heteroatoms. The smallest absolute Gasteiger partial charge is 0.323 e. The Kier molecular flexibility index (Phi) is 6.44. The number of rotatable bonds is 7. The number of nitrogen functional groups attached to an aromatic ring is 1. The number of nitrogens with one attached hydrogen (secondary N) is 1. The fraction of sp³-hybridized carbons (Fsp3) is 0.556. The largest absolute Gasteiger partial charge is 0.495 e. The van der Waals surface area contributed by atoms with Gasteiger partial charge in [0.25, 0.3) is 5.91 Å². The highest BCUT2D eigenvalue weighted by Gasteiger charge is 2.29. The standard InChI is InChI=1S/C18H28N4O4/c1-18(20,17(24)25)7-10-22-8-5-13(6-9-22)21-16(23)12-3-4-14(19)15(11-12)26-2/h3-4,11,13H,5-10,19-20H2,1-2H3,(H,21,23)(H,24,25). The minimum Gasteiger partial charge on any atom is -0.495 e. The molecular formula is C18H28N4O4. The van der Waals surface area contributed by atoms with E-state index in [9.17, 15) is 9.59 Å². The van der Waals surface area contributed by atoms with Crippen LogP contribution in [0.3, 0.4) is 0 Å². The van der Waals surface area contributed by atoms with Gasteiger partial charge in [0, 0.05) is 31.2 Å². The second-order valence-electron chi connectivity index (χ2n) is 7.02. The first kappa shape index (κ1) is 20.0. The van der Waals surface area contributed by atoms with Gasteiger partial charge in [0.1, 0.15) is 11.3 Å². The Hall–Kier alpha value is -2.32. The molecule has 1 fully saturated rings. The van der Waals surface area contributed by atoms with Crippen molar-refractivity contribution in [2.24, 2.45) is 5.73 Å². The Bertz CT molecular complexity index is 655. The lowest BCUT2D eigenvalue weighted by Gasteiger charge is -2.33. The normalized spacial score (nSPS) is 18.1. The van der Waals surface area contributed by atoms with Crippen LogP contribution in [0.15, 0.2) is 18.2 Å². The summed E-state index contributed by atoms with van der Waals surface area (Å²) in [6.45, 7) is 3.76. The molecule has 0 aliphatic carbocycles. The average Bonchev–Trinajstić information content (AvgIpc) is 2.61. The number of ether oxygens (including phenoxy) is 1. The fourth-order valence-corrected chi connectivity index (χ4v) is 2.92. The van der Waals surface area contributed by atoms with E-state index in [-0.39, 0.29) is 11.9 Å². The van der Waals surface area contributed by atoms with Crippen molar-refractivity contribution in [1.82, 2.24) is 10.2 Å². The monoisotopic (exact) mass is 364 g/mol. The number of nitrogens with two attached hydrogens (primary N) is 2. The molecule has 1 unspecified atom stereocenters. The number of nitrogens with zero attached hydrogens (tertiary/aromatic N) is 1. The number of aliphatic carboxylic acids is 1. The minimum absolute atomic E-state index is 0.0889. The van der Waals surface area contributed by atoms with E-state index >= 15 is 0 Å². The van der Waals surface area contributed by atoms with E-state index in [0.29, 0.717) is 30.0 Å². The number of carboxylic acids is 1. The summed E-state index contributed by atoms with van der Waals surface area (Å²) in [6, 6.07) is 5.05. The molecule has 1 atom stereocenters. The molecule has 0 saturated carbocycles. The van der Waals surface area contributed by atoms with Gasteiger partial charge >= 0.3 is 5.97 Å². The zero-order chi connectivity index (χ0) is 19.3. The van der Waals surface area contributed by atoms with Crippen molar-refractivity contribution in [3.63, 3.8) is 0 Å². The van der Waals surface area contributed by atoms with Gasteiger partial charge in [0.15, 0.2) is 0 Å². The lowest BCUT2D eigenvalue weighted by atomic mass is 9.98. The summed E-state index contributed by atoms with van der Waals surface area (Å²) < 4.78 is 5.15. The number of hydrogen-bond donors (Lipinski definition) is 4.